The summed E-state index contributed by atoms with van der Waals surface area (Å²) < 4.78 is 2.04. The van der Waals surface area contributed by atoms with E-state index in [0.29, 0.717) is 11.5 Å². The molecule has 2 heterocycles. The summed E-state index contributed by atoms with van der Waals surface area (Å²) in [6.07, 6.45) is 1.63. The minimum Gasteiger partial charge on any atom is -0.327 e. The van der Waals surface area contributed by atoms with Gasteiger partial charge in [-0.1, -0.05) is 12.1 Å². The second kappa shape index (κ2) is 5.74. The number of rotatable bonds is 3. The van der Waals surface area contributed by atoms with E-state index in [0.717, 1.165) is 23.1 Å². The van der Waals surface area contributed by atoms with Crippen LogP contribution in [-0.4, -0.2) is 19.5 Å². The van der Waals surface area contributed by atoms with E-state index in [1.807, 2.05) is 42.7 Å². The summed E-state index contributed by atoms with van der Waals surface area (Å²) >= 11 is 5.90. The van der Waals surface area contributed by atoms with E-state index in [-0.39, 0.29) is 5.28 Å². The van der Waals surface area contributed by atoms with E-state index in [1.54, 1.807) is 6.20 Å². The number of benzene rings is 1. The molecule has 2 aromatic heterocycles. The highest BCUT2D eigenvalue weighted by atomic mass is 35.5. The van der Waals surface area contributed by atoms with Crippen LogP contribution in [0.1, 0.15) is 29.9 Å². The topological polar surface area (TPSA) is 67.4 Å². The maximum Gasteiger partial charge on any atom is 0.222 e. The van der Waals surface area contributed by atoms with Crippen LogP contribution in [0.25, 0.3) is 11.0 Å². The summed E-state index contributed by atoms with van der Waals surface area (Å²) in [4.78, 5) is 12.8. The number of nitrogens with zero attached hydrogens (tertiary/aromatic N) is 5. The maximum atomic E-state index is 9.69. The van der Waals surface area contributed by atoms with Crippen molar-refractivity contribution in [3.63, 3.8) is 0 Å². The van der Waals surface area contributed by atoms with Gasteiger partial charge < -0.3 is 4.57 Å². The number of halogens is 1. The van der Waals surface area contributed by atoms with Gasteiger partial charge in [0.25, 0.3) is 0 Å². The number of para-hydroxylation sites is 2. The lowest BCUT2D eigenvalue weighted by Gasteiger charge is -2.13. The maximum absolute atomic E-state index is 9.69. The number of fused-ring (bicyclic) bond motifs is 1. The zero-order chi connectivity index (χ0) is 15.7. The summed E-state index contributed by atoms with van der Waals surface area (Å²) in [5.41, 5.74) is 3.31. The van der Waals surface area contributed by atoms with Gasteiger partial charge in [-0.2, -0.15) is 5.26 Å². The number of aromatic nitrogens is 4. The number of hydrogen-bond acceptors (Lipinski definition) is 4. The Kier molecular flexibility index (Phi) is 3.78. The van der Waals surface area contributed by atoms with Gasteiger partial charge in [-0.15, -0.1) is 0 Å². The standard InChI is InChI=1S/C16H14ClN5/c1-3-22-13-7-5-4-6-12(13)20-15(22)11(8-18)14-10(2)9-19-16(17)21-14/h4-7,9,11H,3H2,1-2H3. The Balaban J connectivity index is 2.24. The van der Waals surface area contributed by atoms with Crippen LogP contribution in [0.15, 0.2) is 30.5 Å². The molecular formula is C16H14ClN5. The third-order valence-corrected chi connectivity index (χ3v) is 3.82. The van der Waals surface area contributed by atoms with Gasteiger partial charge in [-0.3, -0.25) is 0 Å². The van der Waals surface area contributed by atoms with Crippen molar-refractivity contribution in [2.75, 3.05) is 0 Å². The van der Waals surface area contributed by atoms with E-state index in [9.17, 15) is 5.26 Å². The Hall–Kier alpha value is -2.45. The van der Waals surface area contributed by atoms with E-state index in [4.69, 9.17) is 11.6 Å². The van der Waals surface area contributed by atoms with Gasteiger partial charge in [-0.05, 0) is 43.1 Å². The fourth-order valence-electron chi connectivity index (χ4n) is 2.61. The number of aryl methyl sites for hydroxylation is 2. The van der Waals surface area contributed by atoms with Crippen molar-refractivity contribution in [1.29, 1.82) is 5.26 Å². The van der Waals surface area contributed by atoms with E-state index in [1.165, 1.54) is 0 Å². The first-order valence-corrected chi connectivity index (χ1v) is 7.37. The molecule has 6 heteroatoms. The quantitative estimate of drug-likeness (QED) is 0.695. The highest BCUT2D eigenvalue weighted by molar-refractivity contribution is 6.28. The van der Waals surface area contributed by atoms with Gasteiger partial charge >= 0.3 is 0 Å². The van der Waals surface area contributed by atoms with Crippen LogP contribution >= 0.6 is 11.6 Å². The lowest BCUT2D eigenvalue weighted by Crippen LogP contribution is -2.11. The lowest BCUT2D eigenvalue weighted by atomic mass is 10.0. The van der Waals surface area contributed by atoms with Crippen LogP contribution in [0.5, 0.6) is 0 Å². The minimum absolute atomic E-state index is 0.139. The summed E-state index contributed by atoms with van der Waals surface area (Å²) in [5.74, 6) is 0.108. The molecule has 3 rings (SSSR count). The molecule has 110 valence electrons. The molecule has 0 aliphatic rings. The molecule has 0 saturated carbocycles. The normalized spacial score (nSPS) is 12.3. The first kappa shape index (κ1) is 14.5. The van der Waals surface area contributed by atoms with Gasteiger partial charge in [0.2, 0.25) is 5.28 Å². The zero-order valence-electron chi connectivity index (χ0n) is 12.3. The minimum atomic E-state index is -0.576. The SMILES string of the molecule is CCn1c(C(C#N)c2nc(Cl)ncc2C)nc2ccccc21. The summed E-state index contributed by atoms with van der Waals surface area (Å²) in [7, 11) is 0. The smallest absolute Gasteiger partial charge is 0.222 e. The Morgan fingerprint density at radius 1 is 1.32 bits per heavy atom. The van der Waals surface area contributed by atoms with Crippen molar-refractivity contribution in [2.45, 2.75) is 26.3 Å². The molecule has 5 nitrogen and oxygen atoms in total. The molecule has 0 aliphatic carbocycles. The zero-order valence-corrected chi connectivity index (χ0v) is 13.0. The Bertz CT molecular complexity index is 878. The fraction of sp³-hybridized carbons (Fsp3) is 0.250. The van der Waals surface area contributed by atoms with Crippen molar-refractivity contribution in [1.82, 2.24) is 19.5 Å². The highest BCUT2D eigenvalue weighted by Crippen LogP contribution is 2.28. The Labute approximate surface area is 133 Å². The molecule has 0 N–H and O–H groups in total. The third-order valence-electron chi connectivity index (χ3n) is 3.64. The predicted octanol–water partition coefficient (Wildman–Crippen LogP) is 3.46. The van der Waals surface area contributed by atoms with Crippen LogP contribution in [0.2, 0.25) is 5.28 Å². The Morgan fingerprint density at radius 2 is 2.09 bits per heavy atom. The number of imidazole rings is 1. The fourth-order valence-corrected chi connectivity index (χ4v) is 2.75. The predicted molar refractivity (Wildman–Crippen MR) is 84.6 cm³/mol. The molecule has 0 bridgehead atoms. The van der Waals surface area contributed by atoms with Crippen molar-refractivity contribution in [2.24, 2.45) is 0 Å². The van der Waals surface area contributed by atoms with Gasteiger partial charge in [0.15, 0.2) is 0 Å². The van der Waals surface area contributed by atoms with Crippen molar-refractivity contribution >= 4 is 22.6 Å². The average Bonchev–Trinajstić information content (AvgIpc) is 2.89. The molecular weight excluding hydrogens is 298 g/mol. The van der Waals surface area contributed by atoms with Crippen LogP contribution < -0.4 is 0 Å². The number of hydrogen-bond donors (Lipinski definition) is 0. The molecule has 1 atom stereocenters. The second-order valence-electron chi connectivity index (χ2n) is 4.97. The van der Waals surface area contributed by atoms with Crippen molar-refractivity contribution in [3.8, 4) is 6.07 Å². The van der Waals surface area contributed by atoms with Gasteiger partial charge in [-0.25, -0.2) is 15.0 Å². The Morgan fingerprint density at radius 3 is 2.82 bits per heavy atom. The van der Waals surface area contributed by atoms with Gasteiger partial charge in [0, 0.05) is 12.7 Å². The first-order valence-electron chi connectivity index (χ1n) is 6.99. The van der Waals surface area contributed by atoms with Crippen LogP contribution in [0.4, 0.5) is 0 Å². The van der Waals surface area contributed by atoms with Gasteiger partial charge in [0.1, 0.15) is 11.7 Å². The first-order chi connectivity index (χ1) is 10.7. The molecule has 0 amide bonds. The summed E-state index contributed by atoms with van der Waals surface area (Å²) in [6, 6.07) is 10.2. The van der Waals surface area contributed by atoms with E-state index >= 15 is 0 Å². The van der Waals surface area contributed by atoms with Crippen molar-refractivity contribution < 1.29 is 0 Å². The van der Waals surface area contributed by atoms with Crippen LogP contribution in [-0.2, 0) is 6.54 Å². The van der Waals surface area contributed by atoms with E-state index in [2.05, 4.69) is 21.0 Å². The molecule has 0 saturated heterocycles. The molecule has 1 unspecified atom stereocenters. The van der Waals surface area contributed by atoms with Crippen LogP contribution in [0.3, 0.4) is 0 Å². The molecule has 0 aliphatic heterocycles. The molecule has 0 spiro atoms. The number of nitriles is 1. The monoisotopic (exact) mass is 311 g/mol. The molecule has 0 radical (unpaired) electrons. The molecule has 0 fully saturated rings. The molecule has 3 aromatic rings. The summed E-state index contributed by atoms with van der Waals surface area (Å²) in [5, 5.41) is 9.83. The largest absolute Gasteiger partial charge is 0.327 e. The lowest BCUT2D eigenvalue weighted by molar-refractivity contribution is 0.702. The van der Waals surface area contributed by atoms with E-state index < -0.39 is 5.92 Å². The molecule has 1 aromatic carbocycles. The second-order valence-corrected chi connectivity index (χ2v) is 5.31. The molecule has 22 heavy (non-hydrogen) atoms. The van der Waals surface area contributed by atoms with Gasteiger partial charge in [0.05, 0.1) is 22.8 Å². The summed E-state index contributed by atoms with van der Waals surface area (Å²) in [6.45, 7) is 4.63. The van der Waals surface area contributed by atoms with Crippen molar-refractivity contribution in [3.05, 3.63) is 52.8 Å². The average molecular weight is 312 g/mol. The third kappa shape index (κ3) is 2.32. The van der Waals surface area contributed by atoms with Crippen LogP contribution in [0, 0.1) is 18.3 Å². The highest BCUT2D eigenvalue weighted by Gasteiger charge is 2.24.